The van der Waals surface area contributed by atoms with Gasteiger partial charge in [0.05, 0.1) is 0 Å². The summed E-state index contributed by atoms with van der Waals surface area (Å²) >= 11 is 2.06. The van der Waals surface area contributed by atoms with E-state index in [1.54, 1.807) is 0 Å². The zero-order valence-corrected chi connectivity index (χ0v) is 19.3. The molecule has 1 heterocycles. The SMILES string of the molecule is CCNC(=O)c1ccc(CNC(=NC)N2CCSC(C(C)C)C2)cc1.I. The van der Waals surface area contributed by atoms with Gasteiger partial charge in [0.25, 0.3) is 5.91 Å². The Labute approximate surface area is 178 Å². The van der Waals surface area contributed by atoms with Crippen LogP contribution in [-0.2, 0) is 6.54 Å². The molecule has 7 heteroatoms. The Kier molecular flexibility index (Phi) is 10.4. The lowest BCUT2D eigenvalue weighted by molar-refractivity contribution is 0.0956. The first-order valence-corrected chi connectivity index (χ1v) is 10.0. The van der Waals surface area contributed by atoms with Crippen molar-refractivity contribution in [3.63, 3.8) is 0 Å². The molecule has 1 atom stereocenters. The second-order valence-corrected chi connectivity index (χ2v) is 7.90. The molecule has 1 fully saturated rings. The highest BCUT2D eigenvalue weighted by Crippen LogP contribution is 2.24. The van der Waals surface area contributed by atoms with Crippen LogP contribution in [0, 0.1) is 5.92 Å². The average molecular weight is 490 g/mol. The molecule has 1 unspecified atom stereocenters. The number of guanidine groups is 1. The molecular formula is C19H31IN4OS. The Hall–Kier alpha value is -0.960. The van der Waals surface area contributed by atoms with Crippen LogP contribution in [0.15, 0.2) is 29.3 Å². The quantitative estimate of drug-likeness (QED) is 0.378. The van der Waals surface area contributed by atoms with E-state index in [1.165, 1.54) is 0 Å². The zero-order valence-electron chi connectivity index (χ0n) is 16.1. The monoisotopic (exact) mass is 490 g/mol. The molecule has 1 aromatic carbocycles. The van der Waals surface area contributed by atoms with Crippen LogP contribution in [0.3, 0.4) is 0 Å². The van der Waals surface area contributed by atoms with Crippen molar-refractivity contribution in [3.05, 3.63) is 35.4 Å². The minimum absolute atomic E-state index is 0. The minimum Gasteiger partial charge on any atom is -0.352 e. The highest BCUT2D eigenvalue weighted by Gasteiger charge is 2.24. The van der Waals surface area contributed by atoms with Gasteiger partial charge in [-0.05, 0) is 30.5 Å². The Balaban J connectivity index is 0.00000338. The number of nitrogens with zero attached hydrogens (tertiary/aromatic N) is 2. The normalized spacial score (nSPS) is 17.7. The Morgan fingerprint density at radius 1 is 1.31 bits per heavy atom. The maximum absolute atomic E-state index is 11.8. The Morgan fingerprint density at radius 2 is 2.00 bits per heavy atom. The summed E-state index contributed by atoms with van der Waals surface area (Å²) in [6, 6.07) is 7.73. The molecule has 0 aromatic heterocycles. The standard InChI is InChI=1S/C19H30N4OS.HI/c1-5-21-18(24)16-8-6-15(7-9-16)12-22-19(20-4)23-10-11-25-17(13-23)14(2)3;/h6-9,14,17H,5,10-13H2,1-4H3,(H,20,22)(H,21,24);1H. The van der Waals surface area contributed by atoms with Gasteiger partial charge in [0.1, 0.15) is 0 Å². The molecule has 0 radical (unpaired) electrons. The van der Waals surface area contributed by atoms with E-state index in [2.05, 4.69) is 46.1 Å². The van der Waals surface area contributed by atoms with Crippen LogP contribution < -0.4 is 10.6 Å². The fraction of sp³-hybridized carbons (Fsp3) is 0.579. The summed E-state index contributed by atoms with van der Waals surface area (Å²) < 4.78 is 0. The molecule has 1 aliphatic heterocycles. The molecule has 26 heavy (non-hydrogen) atoms. The molecule has 1 saturated heterocycles. The zero-order chi connectivity index (χ0) is 18.2. The van der Waals surface area contributed by atoms with Gasteiger partial charge in [-0.3, -0.25) is 9.79 Å². The van der Waals surface area contributed by atoms with E-state index in [1.807, 2.05) is 38.2 Å². The van der Waals surface area contributed by atoms with E-state index in [-0.39, 0.29) is 29.9 Å². The molecule has 1 aliphatic rings. The number of hydrogen-bond donors (Lipinski definition) is 2. The van der Waals surface area contributed by atoms with E-state index in [9.17, 15) is 4.79 Å². The van der Waals surface area contributed by atoms with Gasteiger partial charge in [-0.1, -0.05) is 26.0 Å². The van der Waals surface area contributed by atoms with Crippen LogP contribution >= 0.6 is 35.7 Å². The molecule has 0 saturated carbocycles. The predicted molar refractivity (Wildman–Crippen MR) is 123 cm³/mol. The minimum atomic E-state index is -0.0247. The summed E-state index contributed by atoms with van der Waals surface area (Å²) in [6.45, 7) is 9.91. The second kappa shape index (κ2) is 11.7. The van der Waals surface area contributed by atoms with E-state index >= 15 is 0 Å². The van der Waals surface area contributed by atoms with Gasteiger partial charge in [-0.15, -0.1) is 24.0 Å². The summed E-state index contributed by atoms with van der Waals surface area (Å²) in [6.07, 6.45) is 0. The lowest BCUT2D eigenvalue weighted by Gasteiger charge is -2.36. The smallest absolute Gasteiger partial charge is 0.251 e. The number of nitrogens with one attached hydrogen (secondary N) is 2. The molecular weight excluding hydrogens is 459 g/mol. The van der Waals surface area contributed by atoms with Gasteiger partial charge in [0, 0.05) is 49.8 Å². The molecule has 0 aliphatic carbocycles. The number of rotatable bonds is 5. The van der Waals surface area contributed by atoms with E-state index in [0.717, 1.165) is 30.4 Å². The maximum atomic E-state index is 11.8. The Bertz CT molecular complexity index is 592. The van der Waals surface area contributed by atoms with Crippen LogP contribution in [0.5, 0.6) is 0 Å². The average Bonchev–Trinajstić information content (AvgIpc) is 2.63. The van der Waals surface area contributed by atoms with Gasteiger partial charge in [0.15, 0.2) is 5.96 Å². The fourth-order valence-corrected chi connectivity index (χ4v) is 4.12. The van der Waals surface area contributed by atoms with Crippen molar-refractivity contribution in [1.82, 2.24) is 15.5 Å². The molecule has 1 aromatic rings. The third-order valence-corrected chi connectivity index (χ3v) is 5.89. The number of thioether (sulfide) groups is 1. The number of carbonyl (C=O) groups is 1. The van der Waals surface area contributed by atoms with Crippen LogP contribution in [-0.4, -0.2) is 54.5 Å². The number of benzene rings is 1. The van der Waals surface area contributed by atoms with Crippen molar-refractivity contribution in [2.75, 3.05) is 32.4 Å². The number of aliphatic imine (C=N–C) groups is 1. The van der Waals surface area contributed by atoms with Crippen LogP contribution in [0.4, 0.5) is 0 Å². The van der Waals surface area contributed by atoms with Crippen molar-refractivity contribution in [1.29, 1.82) is 0 Å². The number of hydrogen-bond acceptors (Lipinski definition) is 3. The van der Waals surface area contributed by atoms with Gasteiger partial charge >= 0.3 is 0 Å². The van der Waals surface area contributed by atoms with Crippen molar-refractivity contribution in [3.8, 4) is 0 Å². The summed E-state index contributed by atoms with van der Waals surface area (Å²) in [5.74, 6) is 2.75. The highest BCUT2D eigenvalue weighted by atomic mass is 127. The molecule has 1 amide bonds. The maximum Gasteiger partial charge on any atom is 0.251 e. The van der Waals surface area contributed by atoms with Crippen LogP contribution in [0.25, 0.3) is 0 Å². The molecule has 0 bridgehead atoms. The first kappa shape index (κ1) is 23.1. The molecule has 0 spiro atoms. The van der Waals surface area contributed by atoms with Crippen LogP contribution in [0.2, 0.25) is 0 Å². The van der Waals surface area contributed by atoms with Crippen LogP contribution in [0.1, 0.15) is 36.7 Å². The first-order valence-electron chi connectivity index (χ1n) is 8.99. The Morgan fingerprint density at radius 3 is 2.58 bits per heavy atom. The molecule has 2 rings (SSSR count). The van der Waals surface area contributed by atoms with Crippen molar-refractivity contribution in [2.45, 2.75) is 32.6 Å². The van der Waals surface area contributed by atoms with Gasteiger partial charge < -0.3 is 15.5 Å². The predicted octanol–water partition coefficient (Wildman–Crippen LogP) is 3.20. The number of carbonyl (C=O) groups excluding carboxylic acids is 1. The highest BCUT2D eigenvalue weighted by molar-refractivity contribution is 14.0. The summed E-state index contributed by atoms with van der Waals surface area (Å²) in [4.78, 5) is 18.6. The van der Waals surface area contributed by atoms with E-state index in [4.69, 9.17) is 0 Å². The largest absolute Gasteiger partial charge is 0.352 e. The van der Waals surface area contributed by atoms with Crippen molar-refractivity contribution in [2.24, 2.45) is 10.9 Å². The van der Waals surface area contributed by atoms with Gasteiger partial charge in [0.2, 0.25) is 0 Å². The topological polar surface area (TPSA) is 56.7 Å². The fourth-order valence-electron chi connectivity index (χ4n) is 2.82. The summed E-state index contributed by atoms with van der Waals surface area (Å²) in [7, 11) is 1.84. The molecule has 146 valence electrons. The lowest BCUT2D eigenvalue weighted by atomic mass is 10.1. The summed E-state index contributed by atoms with van der Waals surface area (Å²) in [5.41, 5.74) is 1.84. The first-order chi connectivity index (χ1) is 12.0. The third-order valence-electron chi connectivity index (χ3n) is 4.35. The van der Waals surface area contributed by atoms with Crippen molar-refractivity contribution >= 4 is 47.6 Å². The number of amides is 1. The van der Waals surface area contributed by atoms with Crippen molar-refractivity contribution < 1.29 is 4.79 Å². The molecule has 5 nitrogen and oxygen atoms in total. The molecule has 2 N–H and O–H groups in total. The van der Waals surface area contributed by atoms with Gasteiger partial charge in [-0.25, -0.2) is 0 Å². The second-order valence-electron chi connectivity index (χ2n) is 6.56. The number of halogens is 1. The summed E-state index contributed by atoms with van der Waals surface area (Å²) in [5, 5.41) is 6.93. The van der Waals surface area contributed by atoms with E-state index in [0.29, 0.717) is 29.8 Å². The van der Waals surface area contributed by atoms with E-state index < -0.39 is 0 Å². The van der Waals surface area contributed by atoms with Gasteiger partial charge in [-0.2, -0.15) is 11.8 Å². The lowest BCUT2D eigenvalue weighted by Crippen LogP contribution is -2.48. The third kappa shape index (κ3) is 6.64.